The molecule has 0 aromatic rings. The van der Waals surface area contributed by atoms with Crippen LogP contribution in [-0.2, 0) is 0 Å². The molecule has 0 N–H and O–H groups in total. The summed E-state index contributed by atoms with van der Waals surface area (Å²) in [5.41, 5.74) is 0.528. The Morgan fingerprint density at radius 1 is 1.09 bits per heavy atom. The van der Waals surface area contributed by atoms with Gasteiger partial charge in [-0.15, -0.1) is 0 Å². The summed E-state index contributed by atoms with van der Waals surface area (Å²) in [4.78, 5) is 2.44. The first-order chi connectivity index (χ1) is 5.09. The zero-order valence-corrected chi connectivity index (χ0v) is 8.35. The van der Waals surface area contributed by atoms with Crippen LogP contribution in [0.2, 0.25) is 0 Å². The normalized spacial score (nSPS) is 23.5. The molecule has 0 spiro atoms. The third kappa shape index (κ3) is 1.44. The lowest BCUT2D eigenvalue weighted by atomic mass is 9.84. The highest BCUT2D eigenvalue weighted by atomic mass is 15.2. The van der Waals surface area contributed by atoms with E-state index < -0.39 is 0 Å². The van der Waals surface area contributed by atoms with Gasteiger partial charge in [0.2, 0.25) is 0 Å². The molecular formula is C10H21N. The first-order valence-electron chi connectivity index (χ1n) is 4.77. The van der Waals surface area contributed by atoms with Crippen molar-refractivity contribution in [2.24, 2.45) is 5.92 Å². The lowest BCUT2D eigenvalue weighted by Crippen LogP contribution is -2.46. The summed E-state index contributed by atoms with van der Waals surface area (Å²) >= 11 is 0. The van der Waals surface area contributed by atoms with E-state index in [4.69, 9.17) is 0 Å². The van der Waals surface area contributed by atoms with Crippen LogP contribution in [0.5, 0.6) is 0 Å². The fraction of sp³-hybridized carbons (Fsp3) is 1.00. The van der Waals surface area contributed by atoms with Crippen LogP contribution in [0.25, 0.3) is 0 Å². The average Bonchev–Trinajstić information content (AvgIpc) is 2.34. The average molecular weight is 155 g/mol. The third-order valence-electron chi connectivity index (χ3n) is 3.43. The van der Waals surface area contributed by atoms with Crippen LogP contribution in [0.4, 0.5) is 0 Å². The summed E-state index contributed by atoms with van der Waals surface area (Å²) in [6, 6.07) is 0. The third-order valence-corrected chi connectivity index (χ3v) is 3.43. The molecule has 0 aliphatic heterocycles. The summed E-state index contributed by atoms with van der Waals surface area (Å²) in [6.45, 7) is 4.70. The van der Waals surface area contributed by atoms with E-state index in [0.717, 1.165) is 5.92 Å². The SMILES string of the molecule is CC(C)C1(N(C)C)CCCC1. The second kappa shape index (κ2) is 3.14. The Bertz CT molecular complexity index is 111. The van der Waals surface area contributed by atoms with Crippen LogP contribution in [0.1, 0.15) is 39.5 Å². The maximum absolute atomic E-state index is 2.44. The highest BCUT2D eigenvalue weighted by Gasteiger charge is 2.38. The molecule has 0 aromatic heterocycles. The standard InChI is InChI=1S/C10H21N/c1-9(2)10(11(3)4)7-5-6-8-10/h9H,5-8H2,1-4H3. The predicted octanol–water partition coefficient (Wildman–Crippen LogP) is 2.52. The number of rotatable bonds is 2. The quantitative estimate of drug-likeness (QED) is 0.592. The molecule has 0 bridgehead atoms. The van der Waals surface area contributed by atoms with E-state index in [-0.39, 0.29) is 0 Å². The molecule has 1 aliphatic rings. The Balaban J connectivity index is 2.70. The van der Waals surface area contributed by atoms with Gasteiger partial charge in [-0.2, -0.15) is 0 Å². The predicted molar refractivity (Wildman–Crippen MR) is 49.7 cm³/mol. The Morgan fingerprint density at radius 2 is 1.55 bits per heavy atom. The number of hydrogen-bond acceptors (Lipinski definition) is 1. The van der Waals surface area contributed by atoms with E-state index in [2.05, 4.69) is 32.8 Å². The van der Waals surface area contributed by atoms with Gasteiger partial charge in [0.25, 0.3) is 0 Å². The van der Waals surface area contributed by atoms with Crippen LogP contribution >= 0.6 is 0 Å². The van der Waals surface area contributed by atoms with Crippen molar-refractivity contribution in [1.82, 2.24) is 4.90 Å². The van der Waals surface area contributed by atoms with Crippen LogP contribution < -0.4 is 0 Å². The van der Waals surface area contributed by atoms with Crippen molar-refractivity contribution < 1.29 is 0 Å². The van der Waals surface area contributed by atoms with E-state index in [9.17, 15) is 0 Å². The molecule has 0 amide bonds. The van der Waals surface area contributed by atoms with Gasteiger partial charge < -0.3 is 4.90 Å². The first-order valence-corrected chi connectivity index (χ1v) is 4.77. The van der Waals surface area contributed by atoms with Crippen LogP contribution in [0.3, 0.4) is 0 Å². The Hall–Kier alpha value is -0.0400. The first kappa shape index (κ1) is 9.05. The van der Waals surface area contributed by atoms with Gasteiger partial charge in [0.1, 0.15) is 0 Å². The van der Waals surface area contributed by atoms with Crippen molar-refractivity contribution in [2.75, 3.05) is 14.1 Å². The molecule has 66 valence electrons. The van der Waals surface area contributed by atoms with Gasteiger partial charge in [0, 0.05) is 5.54 Å². The molecule has 0 aromatic carbocycles. The van der Waals surface area contributed by atoms with Crippen molar-refractivity contribution in [1.29, 1.82) is 0 Å². The largest absolute Gasteiger partial charge is 0.303 e. The van der Waals surface area contributed by atoms with Crippen molar-refractivity contribution in [3.63, 3.8) is 0 Å². The van der Waals surface area contributed by atoms with E-state index in [1.807, 2.05) is 0 Å². The van der Waals surface area contributed by atoms with Crippen LogP contribution in [-0.4, -0.2) is 24.5 Å². The number of nitrogens with zero attached hydrogens (tertiary/aromatic N) is 1. The summed E-state index contributed by atoms with van der Waals surface area (Å²) in [6.07, 6.45) is 5.65. The molecule has 1 saturated carbocycles. The second-order valence-electron chi connectivity index (χ2n) is 4.36. The molecule has 11 heavy (non-hydrogen) atoms. The van der Waals surface area contributed by atoms with Gasteiger partial charge in [-0.25, -0.2) is 0 Å². The molecule has 0 atom stereocenters. The minimum atomic E-state index is 0.528. The zero-order chi connectivity index (χ0) is 8.48. The molecule has 1 nitrogen and oxygen atoms in total. The maximum atomic E-state index is 2.44. The minimum Gasteiger partial charge on any atom is -0.303 e. The Labute approximate surface area is 70.8 Å². The van der Waals surface area contributed by atoms with Crippen molar-refractivity contribution in [3.05, 3.63) is 0 Å². The van der Waals surface area contributed by atoms with E-state index in [1.54, 1.807) is 0 Å². The van der Waals surface area contributed by atoms with Crippen molar-refractivity contribution >= 4 is 0 Å². The Morgan fingerprint density at radius 3 is 1.73 bits per heavy atom. The molecular weight excluding hydrogens is 134 g/mol. The molecule has 0 heterocycles. The summed E-state index contributed by atoms with van der Waals surface area (Å²) in [5, 5.41) is 0. The van der Waals surface area contributed by atoms with Gasteiger partial charge in [-0.1, -0.05) is 26.7 Å². The highest BCUT2D eigenvalue weighted by molar-refractivity contribution is 4.94. The lowest BCUT2D eigenvalue weighted by Gasteiger charge is -2.40. The minimum absolute atomic E-state index is 0.528. The van der Waals surface area contributed by atoms with Crippen molar-refractivity contribution in [2.45, 2.75) is 45.1 Å². The van der Waals surface area contributed by atoms with Gasteiger partial charge >= 0.3 is 0 Å². The van der Waals surface area contributed by atoms with Gasteiger partial charge in [-0.3, -0.25) is 0 Å². The molecule has 1 fully saturated rings. The van der Waals surface area contributed by atoms with Gasteiger partial charge in [-0.05, 0) is 32.9 Å². The lowest BCUT2D eigenvalue weighted by molar-refractivity contribution is 0.102. The summed E-state index contributed by atoms with van der Waals surface area (Å²) in [7, 11) is 4.46. The fourth-order valence-corrected chi connectivity index (χ4v) is 2.53. The monoisotopic (exact) mass is 155 g/mol. The van der Waals surface area contributed by atoms with Crippen LogP contribution in [0, 0.1) is 5.92 Å². The highest BCUT2D eigenvalue weighted by Crippen LogP contribution is 2.39. The summed E-state index contributed by atoms with van der Waals surface area (Å²) < 4.78 is 0. The van der Waals surface area contributed by atoms with E-state index in [1.165, 1.54) is 25.7 Å². The topological polar surface area (TPSA) is 3.24 Å². The fourth-order valence-electron chi connectivity index (χ4n) is 2.53. The maximum Gasteiger partial charge on any atom is 0.0226 e. The second-order valence-corrected chi connectivity index (χ2v) is 4.36. The van der Waals surface area contributed by atoms with Crippen molar-refractivity contribution in [3.8, 4) is 0 Å². The molecule has 1 rings (SSSR count). The van der Waals surface area contributed by atoms with Crippen LogP contribution in [0.15, 0.2) is 0 Å². The Kier molecular flexibility index (Phi) is 2.58. The van der Waals surface area contributed by atoms with E-state index in [0.29, 0.717) is 5.54 Å². The van der Waals surface area contributed by atoms with Gasteiger partial charge in [0.15, 0.2) is 0 Å². The molecule has 0 radical (unpaired) electrons. The summed E-state index contributed by atoms with van der Waals surface area (Å²) in [5.74, 6) is 0.806. The smallest absolute Gasteiger partial charge is 0.0226 e. The molecule has 0 unspecified atom stereocenters. The molecule has 1 heteroatoms. The zero-order valence-electron chi connectivity index (χ0n) is 8.35. The molecule has 1 aliphatic carbocycles. The van der Waals surface area contributed by atoms with E-state index >= 15 is 0 Å². The van der Waals surface area contributed by atoms with Gasteiger partial charge in [0.05, 0.1) is 0 Å². The number of hydrogen-bond donors (Lipinski definition) is 0. The molecule has 0 saturated heterocycles.